The Kier molecular flexibility index (Phi) is 8.27. The summed E-state index contributed by atoms with van der Waals surface area (Å²) < 4.78 is 52.9. The van der Waals surface area contributed by atoms with Crippen LogP contribution >= 0.6 is 0 Å². The number of fused-ring (bicyclic) bond motifs is 2. The number of amides is 2. The molecule has 0 spiro atoms. The Hall–Kier alpha value is -5.00. The quantitative estimate of drug-likeness (QED) is 0.277. The zero-order chi connectivity index (χ0) is 31.6. The smallest absolute Gasteiger partial charge is 0.255 e. The summed E-state index contributed by atoms with van der Waals surface area (Å²) in [6, 6.07) is 23.9. The average Bonchev–Trinajstić information content (AvgIpc) is 3.44. The van der Waals surface area contributed by atoms with E-state index in [-0.39, 0.29) is 21.6 Å². The fraction of sp³-hybridized carbons (Fsp3) is 0.0909. The predicted molar refractivity (Wildman–Crippen MR) is 170 cm³/mol. The molecule has 0 aromatic heterocycles. The molecule has 6 rings (SSSR count). The second-order valence-corrected chi connectivity index (χ2v) is 13.8. The molecule has 2 aliphatic heterocycles. The van der Waals surface area contributed by atoms with E-state index in [9.17, 15) is 26.4 Å². The van der Waals surface area contributed by atoms with Crippen molar-refractivity contribution in [3.8, 4) is 0 Å². The normalized spacial score (nSPS) is 14.8. The summed E-state index contributed by atoms with van der Waals surface area (Å²) >= 11 is 0. The van der Waals surface area contributed by atoms with Gasteiger partial charge in [0, 0.05) is 33.5 Å². The Morgan fingerprint density at radius 2 is 1.14 bits per heavy atom. The lowest BCUT2D eigenvalue weighted by Gasteiger charge is -2.08. The molecular formula is C33H28N2O7S2. The predicted octanol–water partition coefficient (Wildman–Crippen LogP) is 5.98. The molecule has 224 valence electrons. The van der Waals surface area contributed by atoms with Gasteiger partial charge < -0.3 is 15.4 Å². The molecule has 0 atom stereocenters. The average molecular weight is 629 g/mol. The summed E-state index contributed by atoms with van der Waals surface area (Å²) in [5, 5.41) is 7.68. The van der Waals surface area contributed by atoms with Crippen molar-refractivity contribution in [1.82, 2.24) is 0 Å². The Labute approximate surface area is 255 Å². The zero-order valence-corrected chi connectivity index (χ0v) is 25.6. The highest BCUT2D eigenvalue weighted by Gasteiger charge is 2.28. The van der Waals surface area contributed by atoms with Gasteiger partial charge >= 0.3 is 0 Å². The maximum atomic E-state index is 12.2. The van der Waals surface area contributed by atoms with Gasteiger partial charge in [0.2, 0.25) is 19.7 Å². The number of hydrogen-bond donors (Lipinski definition) is 2. The second-order valence-electron chi connectivity index (χ2n) is 10.2. The molecule has 2 heterocycles. The first-order valence-electron chi connectivity index (χ1n) is 13.3. The summed E-state index contributed by atoms with van der Waals surface area (Å²) in [7, 11) is -5.48. The molecule has 4 aromatic rings. The second kappa shape index (κ2) is 11.9. The highest BCUT2D eigenvalue weighted by atomic mass is 32.2. The number of benzene rings is 4. The van der Waals surface area contributed by atoms with Crippen LogP contribution in [0.25, 0.3) is 11.8 Å². The van der Waals surface area contributed by atoms with Crippen molar-refractivity contribution in [2.45, 2.75) is 23.6 Å². The number of anilines is 2. The lowest BCUT2D eigenvalue weighted by molar-refractivity contribution is 0.101. The molecule has 2 aliphatic rings. The van der Waals surface area contributed by atoms with Crippen LogP contribution in [0.1, 0.15) is 43.0 Å². The summed E-state index contributed by atoms with van der Waals surface area (Å²) in [6.45, 7) is 3.88. The van der Waals surface area contributed by atoms with Crippen molar-refractivity contribution in [2.75, 3.05) is 17.7 Å². The number of sulfone groups is 2. The third-order valence-electron chi connectivity index (χ3n) is 6.93. The molecule has 11 heteroatoms. The first-order chi connectivity index (χ1) is 20.9. The molecule has 44 heavy (non-hydrogen) atoms. The van der Waals surface area contributed by atoms with E-state index in [1.165, 1.54) is 24.7 Å². The van der Waals surface area contributed by atoms with E-state index < -0.39 is 19.7 Å². The van der Waals surface area contributed by atoms with Crippen LogP contribution in [-0.2, 0) is 24.4 Å². The van der Waals surface area contributed by atoms with Gasteiger partial charge in [0.05, 0.1) is 22.3 Å². The molecular weight excluding hydrogens is 601 g/mol. The molecule has 0 aliphatic carbocycles. The van der Waals surface area contributed by atoms with Gasteiger partial charge in [0.25, 0.3) is 11.8 Å². The van der Waals surface area contributed by atoms with Crippen LogP contribution in [-0.4, -0.2) is 35.8 Å². The topological polar surface area (TPSA) is 136 Å². The van der Waals surface area contributed by atoms with Crippen molar-refractivity contribution < 1.29 is 31.2 Å². The fourth-order valence-electron chi connectivity index (χ4n) is 4.51. The van der Waals surface area contributed by atoms with Gasteiger partial charge in [-0.25, -0.2) is 16.8 Å². The molecule has 0 unspecified atom stereocenters. The number of aryl methyl sites for hydroxylation is 2. The number of carbonyl (C=O) groups excluding carboxylic acids is 2. The summed E-state index contributed by atoms with van der Waals surface area (Å²) in [5.74, 6) is -0.255. The highest BCUT2D eigenvalue weighted by molar-refractivity contribution is 7.95. The minimum atomic E-state index is -3.53. The lowest BCUT2D eigenvalue weighted by atomic mass is 10.1. The number of nitrogens with one attached hydrogen (secondary N) is 2. The minimum absolute atomic E-state index is 0.135. The van der Waals surface area contributed by atoms with Crippen LogP contribution in [0.15, 0.2) is 106 Å². The van der Waals surface area contributed by atoms with Crippen molar-refractivity contribution >= 4 is 54.7 Å². The third-order valence-corrected chi connectivity index (χ3v) is 9.86. The highest BCUT2D eigenvalue weighted by Crippen LogP contribution is 2.35. The van der Waals surface area contributed by atoms with Crippen molar-refractivity contribution in [2.24, 2.45) is 0 Å². The monoisotopic (exact) mass is 628 g/mol. The number of carbonyl (C=O) groups is 2. The van der Waals surface area contributed by atoms with Crippen molar-refractivity contribution in [3.63, 3.8) is 0 Å². The largest absolute Gasteiger partial charge is 0.495 e. The Bertz CT molecular complexity index is 2060. The van der Waals surface area contributed by atoms with E-state index in [4.69, 9.17) is 4.74 Å². The van der Waals surface area contributed by atoms with E-state index in [1.807, 2.05) is 38.1 Å². The van der Waals surface area contributed by atoms with E-state index >= 15 is 0 Å². The van der Waals surface area contributed by atoms with Crippen LogP contribution in [0.3, 0.4) is 0 Å². The Balaban J connectivity index is 0.000000175. The minimum Gasteiger partial charge on any atom is -0.495 e. The SMILES string of the molecule is COC1=CS(=O)(=O)c2cc(NC(=O)c3ccc(C)cc3)ccc21.Cc1ccc(C(=O)Nc2ccc3c(c2)S(=O)(=O)C=C3)cc1. The molecule has 0 fully saturated rings. The van der Waals surface area contributed by atoms with Crippen LogP contribution in [0.4, 0.5) is 11.4 Å². The number of ether oxygens (including phenoxy) is 1. The summed E-state index contributed by atoms with van der Waals surface area (Å²) in [4.78, 5) is 24.7. The first-order valence-corrected chi connectivity index (χ1v) is 16.4. The van der Waals surface area contributed by atoms with Gasteiger partial charge in [-0.15, -0.1) is 0 Å². The first kappa shape index (κ1) is 30.5. The van der Waals surface area contributed by atoms with Gasteiger partial charge in [-0.3, -0.25) is 9.59 Å². The van der Waals surface area contributed by atoms with Crippen LogP contribution in [0.5, 0.6) is 0 Å². The maximum Gasteiger partial charge on any atom is 0.255 e. The number of hydrogen-bond acceptors (Lipinski definition) is 7. The molecule has 0 radical (unpaired) electrons. The van der Waals surface area contributed by atoms with Crippen LogP contribution in [0.2, 0.25) is 0 Å². The number of rotatable bonds is 5. The molecule has 4 aromatic carbocycles. The Morgan fingerprint density at radius 1 is 0.636 bits per heavy atom. The van der Waals surface area contributed by atoms with Gasteiger partial charge in [0.1, 0.15) is 5.76 Å². The van der Waals surface area contributed by atoms with Gasteiger partial charge in [0.15, 0.2) is 0 Å². The van der Waals surface area contributed by atoms with Gasteiger partial charge in [-0.05, 0) is 80.1 Å². The van der Waals surface area contributed by atoms with E-state index in [0.717, 1.165) is 16.5 Å². The molecule has 9 nitrogen and oxygen atoms in total. The molecule has 2 N–H and O–H groups in total. The molecule has 0 saturated carbocycles. The molecule has 2 amide bonds. The fourth-order valence-corrected chi connectivity index (χ4v) is 7.14. The zero-order valence-electron chi connectivity index (χ0n) is 24.0. The summed E-state index contributed by atoms with van der Waals surface area (Å²) in [5.41, 5.74) is 5.20. The van der Waals surface area contributed by atoms with E-state index in [1.54, 1.807) is 54.6 Å². The van der Waals surface area contributed by atoms with Crippen molar-refractivity contribution in [1.29, 1.82) is 0 Å². The number of methoxy groups -OCH3 is 1. The van der Waals surface area contributed by atoms with Crippen LogP contribution < -0.4 is 10.6 Å². The third kappa shape index (κ3) is 6.48. The van der Waals surface area contributed by atoms with Crippen molar-refractivity contribution in [3.05, 3.63) is 129 Å². The van der Waals surface area contributed by atoms with Crippen LogP contribution in [0, 0.1) is 13.8 Å². The molecule has 0 saturated heterocycles. The maximum absolute atomic E-state index is 12.2. The Morgan fingerprint density at radius 3 is 1.66 bits per heavy atom. The van der Waals surface area contributed by atoms with Gasteiger partial charge in [-0.2, -0.15) is 0 Å². The van der Waals surface area contributed by atoms with E-state index in [0.29, 0.717) is 39.4 Å². The van der Waals surface area contributed by atoms with E-state index in [2.05, 4.69) is 10.6 Å². The molecule has 0 bridgehead atoms. The standard InChI is InChI=1S/C17H15NO4S.C16H13NO3S/c1-11-3-5-12(6-4-11)17(19)18-13-7-8-14-15(22-2)10-23(20,21)16(14)9-13;1-11-2-4-13(5-3-11)16(18)17-14-7-6-12-8-9-21(19,20)15(12)10-14/h3-10H,1-2H3,(H,18,19);2-10H,1H3,(H,17,18). The lowest BCUT2D eigenvalue weighted by Crippen LogP contribution is -2.12. The summed E-state index contributed by atoms with van der Waals surface area (Å²) in [6.07, 6.45) is 1.55. The van der Waals surface area contributed by atoms with Gasteiger partial charge in [-0.1, -0.05) is 41.5 Å².